The van der Waals surface area contributed by atoms with E-state index in [4.69, 9.17) is 0 Å². The van der Waals surface area contributed by atoms with Crippen molar-refractivity contribution in [1.29, 1.82) is 0 Å². The normalized spacial score (nSPS) is 11.2. The predicted octanol–water partition coefficient (Wildman–Crippen LogP) is -0.595. The van der Waals surface area contributed by atoms with E-state index in [1.165, 1.54) is 22.2 Å². The van der Waals surface area contributed by atoms with Gasteiger partial charge in [-0.05, 0) is 0 Å². The van der Waals surface area contributed by atoms with E-state index in [9.17, 15) is 14.4 Å². The fourth-order valence-corrected chi connectivity index (χ4v) is 1.93. The molecule has 0 unspecified atom stereocenters. The van der Waals surface area contributed by atoms with Crippen LogP contribution < -0.4 is 17.0 Å². The van der Waals surface area contributed by atoms with Crippen molar-refractivity contribution in [3.8, 4) is 0 Å². The molecule has 0 bridgehead atoms. The smallest absolute Gasteiger partial charge is 0.299 e. The zero-order valence-electron chi connectivity index (χ0n) is 11.8. The van der Waals surface area contributed by atoms with Crippen LogP contribution >= 0.6 is 0 Å². The van der Waals surface area contributed by atoms with Crippen molar-refractivity contribution in [1.82, 2.24) is 18.9 Å². The molecule has 0 amide bonds. The Hall–Kier alpha value is -2.38. The van der Waals surface area contributed by atoms with E-state index in [-0.39, 0.29) is 12.5 Å². The standard InChI is InChI=1S/C12H16N4O4/c1-7(2)10-13-20-12(19)16(10)6-8-5-9(17)15(4)11(18)14(8)3/h5,7H,6H2,1-4H3. The molecule has 0 spiro atoms. The highest BCUT2D eigenvalue weighted by Gasteiger charge is 2.16. The van der Waals surface area contributed by atoms with Gasteiger partial charge in [-0.2, -0.15) is 0 Å². The van der Waals surface area contributed by atoms with Gasteiger partial charge >= 0.3 is 11.4 Å². The van der Waals surface area contributed by atoms with Crippen LogP contribution in [0.5, 0.6) is 0 Å². The number of hydrogen-bond donors (Lipinski definition) is 0. The van der Waals surface area contributed by atoms with E-state index in [0.29, 0.717) is 11.5 Å². The minimum Gasteiger partial charge on any atom is -0.299 e. The van der Waals surface area contributed by atoms with E-state index in [1.807, 2.05) is 13.8 Å². The summed E-state index contributed by atoms with van der Waals surface area (Å²) in [5.74, 6) is -0.144. The molecule has 0 aliphatic heterocycles. The largest absolute Gasteiger partial charge is 0.441 e. The highest BCUT2D eigenvalue weighted by Crippen LogP contribution is 2.10. The van der Waals surface area contributed by atoms with Gasteiger partial charge in [0, 0.05) is 31.8 Å². The maximum Gasteiger partial charge on any atom is 0.441 e. The van der Waals surface area contributed by atoms with Crippen molar-refractivity contribution in [2.45, 2.75) is 26.3 Å². The fourth-order valence-electron chi connectivity index (χ4n) is 1.93. The number of aromatic nitrogens is 4. The Morgan fingerprint density at radius 3 is 2.45 bits per heavy atom. The van der Waals surface area contributed by atoms with Gasteiger partial charge in [0.2, 0.25) is 0 Å². The lowest BCUT2D eigenvalue weighted by Gasteiger charge is -2.11. The second-order valence-corrected chi connectivity index (χ2v) is 4.92. The van der Waals surface area contributed by atoms with Gasteiger partial charge in [0.1, 0.15) is 0 Å². The molecule has 0 saturated carbocycles. The Morgan fingerprint density at radius 1 is 1.20 bits per heavy atom. The van der Waals surface area contributed by atoms with Crippen LogP contribution in [-0.2, 0) is 20.6 Å². The van der Waals surface area contributed by atoms with Gasteiger partial charge in [-0.15, -0.1) is 0 Å². The molecule has 0 radical (unpaired) electrons. The number of rotatable bonds is 3. The van der Waals surface area contributed by atoms with Gasteiger partial charge in [0.15, 0.2) is 5.82 Å². The molecule has 0 fully saturated rings. The van der Waals surface area contributed by atoms with Crippen molar-refractivity contribution < 1.29 is 4.52 Å². The van der Waals surface area contributed by atoms with E-state index in [2.05, 4.69) is 9.68 Å². The van der Waals surface area contributed by atoms with Gasteiger partial charge < -0.3 is 0 Å². The highest BCUT2D eigenvalue weighted by atomic mass is 16.5. The molecule has 108 valence electrons. The van der Waals surface area contributed by atoms with Gasteiger partial charge in [0.05, 0.1) is 6.54 Å². The molecule has 2 rings (SSSR count). The Bertz CT molecular complexity index is 806. The van der Waals surface area contributed by atoms with Crippen molar-refractivity contribution in [3.05, 3.63) is 49.0 Å². The summed E-state index contributed by atoms with van der Waals surface area (Å²) < 4.78 is 8.29. The minimum atomic E-state index is -0.609. The molecule has 8 heteroatoms. The van der Waals surface area contributed by atoms with Crippen molar-refractivity contribution in [2.75, 3.05) is 0 Å². The highest BCUT2D eigenvalue weighted by molar-refractivity contribution is 5.05. The van der Waals surface area contributed by atoms with Gasteiger partial charge in [0.25, 0.3) is 5.56 Å². The molecule has 2 heterocycles. The van der Waals surface area contributed by atoms with Crippen LogP contribution in [0.3, 0.4) is 0 Å². The first-order valence-corrected chi connectivity index (χ1v) is 6.15. The Morgan fingerprint density at radius 2 is 1.85 bits per heavy atom. The minimum absolute atomic E-state index is 0.00924. The Balaban J connectivity index is 2.57. The van der Waals surface area contributed by atoms with Crippen LogP contribution in [0.15, 0.2) is 25.0 Å². The lowest BCUT2D eigenvalue weighted by atomic mass is 10.2. The molecule has 2 aromatic heterocycles. The summed E-state index contributed by atoms with van der Waals surface area (Å²) in [6.07, 6.45) is 0. The van der Waals surface area contributed by atoms with Crippen molar-refractivity contribution in [3.63, 3.8) is 0 Å². The van der Waals surface area contributed by atoms with E-state index in [0.717, 1.165) is 4.57 Å². The second-order valence-electron chi connectivity index (χ2n) is 4.92. The van der Waals surface area contributed by atoms with E-state index < -0.39 is 17.0 Å². The average Bonchev–Trinajstić information content (AvgIpc) is 2.75. The summed E-state index contributed by atoms with van der Waals surface area (Å²) in [5.41, 5.74) is -0.438. The van der Waals surface area contributed by atoms with Crippen LogP contribution in [-0.4, -0.2) is 18.9 Å². The van der Waals surface area contributed by atoms with E-state index in [1.54, 1.807) is 7.05 Å². The van der Waals surface area contributed by atoms with E-state index >= 15 is 0 Å². The summed E-state index contributed by atoms with van der Waals surface area (Å²) in [6, 6.07) is 1.32. The maximum atomic E-state index is 11.8. The Kier molecular flexibility index (Phi) is 3.47. The molecule has 2 aromatic rings. The molecule has 20 heavy (non-hydrogen) atoms. The van der Waals surface area contributed by atoms with Crippen molar-refractivity contribution >= 4 is 0 Å². The maximum absolute atomic E-state index is 11.8. The second kappa shape index (κ2) is 4.95. The van der Waals surface area contributed by atoms with Crippen molar-refractivity contribution in [2.24, 2.45) is 14.1 Å². The summed E-state index contributed by atoms with van der Waals surface area (Å²) in [4.78, 5) is 35.2. The molecule has 0 saturated heterocycles. The average molecular weight is 280 g/mol. The molecule has 0 N–H and O–H groups in total. The van der Waals surface area contributed by atoms with Gasteiger partial charge in [-0.1, -0.05) is 19.0 Å². The molecule has 0 aromatic carbocycles. The monoisotopic (exact) mass is 280 g/mol. The summed E-state index contributed by atoms with van der Waals surface area (Å²) in [6.45, 7) is 3.81. The molecule has 0 atom stereocenters. The molecular weight excluding hydrogens is 264 g/mol. The Labute approximate surface area is 113 Å². The third-order valence-electron chi connectivity index (χ3n) is 3.18. The zero-order chi connectivity index (χ0) is 15.0. The van der Waals surface area contributed by atoms with Crippen LogP contribution in [0.4, 0.5) is 0 Å². The number of nitrogens with zero attached hydrogens (tertiary/aromatic N) is 4. The third-order valence-corrected chi connectivity index (χ3v) is 3.18. The third kappa shape index (κ3) is 2.24. The number of hydrogen-bond acceptors (Lipinski definition) is 5. The quantitative estimate of drug-likeness (QED) is 0.749. The predicted molar refractivity (Wildman–Crippen MR) is 70.9 cm³/mol. The van der Waals surface area contributed by atoms with Crippen LogP contribution in [0, 0.1) is 0 Å². The zero-order valence-corrected chi connectivity index (χ0v) is 11.8. The van der Waals surface area contributed by atoms with Gasteiger partial charge in [-0.3, -0.25) is 23.0 Å². The first-order chi connectivity index (χ1) is 9.32. The summed E-state index contributed by atoms with van der Waals surface area (Å²) in [7, 11) is 2.95. The topological polar surface area (TPSA) is 92.0 Å². The van der Waals surface area contributed by atoms with Gasteiger partial charge in [-0.25, -0.2) is 9.59 Å². The van der Waals surface area contributed by atoms with Crippen LogP contribution in [0.25, 0.3) is 0 Å². The first kappa shape index (κ1) is 14.0. The summed E-state index contributed by atoms with van der Waals surface area (Å²) >= 11 is 0. The van der Waals surface area contributed by atoms with Crippen LogP contribution in [0.2, 0.25) is 0 Å². The molecule has 0 aliphatic carbocycles. The molecule has 8 nitrogen and oxygen atoms in total. The SMILES string of the molecule is CC(C)c1noc(=O)n1Cc1cc(=O)n(C)c(=O)n1C. The first-order valence-electron chi connectivity index (χ1n) is 6.15. The lowest BCUT2D eigenvalue weighted by Crippen LogP contribution is -2.39. The molecular formula is C12H16N4O4. The van der Waals surface area contributed by atoms with Crippen LogP contribution in [0.1, 0.15) is 31.3 Å². The summed E-state index contributed by atoms with van der Waals surface area (Å²) in [5, 5.41) is 3.71. The lowest BCUT2D eigenvalue weighted by molar-refractivity contribution is 0.373. The fraction of sp³-hybridized carbons (Fsp3) is 0.500. The molecule has 0 aliphatic rings.